The summed E-state index contributed by atoms with van der Waals surface area (Å²) in [6.45, 7) is 1.66. The van der Waals surface area contributed by atoms with Crippen LogP contribution in [0.2, 0.25) is 0 Å². The summed E-state index contributed by atoms with van der Waals surface area (Å²) in [7, 11) is 0. The van der Waals surface area contributed by atoms with Gasteiger partial charge in [0.05, 0.1) is 0 Å². The molecule has 7 heteroatoms. The number of benzene rings is 1. The van der Waals surface area contributed by atoms with E-state index in [1.165, 1.54) is 12.1 Å². The van der Waals surface area contributed by atoms with Gasteiger partial charge in [0.2, 0.25) is 11.7 Å². The molecular formula is C13H9BrF2N2O2. The molecule has 2 aromatic rings. The summed E-state index contributed by atoms with van der Waals surface area (Å²) in [5, 5.41) is 0. The number of aryl methyl sites for hydroxylation is 1. The molecule has 1 heterocycles. The second-order valence-corrected chi connectivity index (χ2v) is 4.89. The SMILES string of the molecule is Cc1ccc(C(N)=O)c(Oc2cc(Br)cc(F)c2F)n1. The van der Waals surface area contributed by atoms with Crippen molar-refractivity contribution < 1.29 is 18.3 Å². The molecule has 1 aromatic carbocycles. The van der Waals surface area contributed by atoms with E-state index in [4.69, 9.17) is 10.5 Å². The van der Waals surface area contributed by atoms with Gasteiger partial charge in [0.1, 0.15) is 5.56 Å². The Hall–Kier alpha value is -2.02. The van der Waals surface area contributed by atoms with Gasteiger partial charge in [0.25, 0.3) is 5.91 Å². The van der Waals surface area contributed by atoms with E-state index >= 15 is 0 Å². The molecule has 1 aromatic heterocycles. The Labute approximate surface area is 121 Å². The lowest BCUT2D eigenvalue weighted by Gasteiger charge is -2.10. The Kier molecular flexibility index (Phi) is 3.99. The van der Waals surface area contributed by atoms with E-state index in [9.17, 15) is 13.6 Å². The third-order valence-corrected chi connectivity index (χ3v) is 2.89. The molecule has 20 heavy (non-hydrogen) atoms. The number of ether oxygens (including phenoxy) is 1. The lowest BCUT2D eigenvalue weighted by Crippen LogP contribution is -2.13. The van der Waals surface area contributed by atoms with E-state index < -0.39 is 23.3 Å². The first-order chi connectivity index (χ1) is 9.38. The molecule has 0 fully saturated rings. The zero-order valence-electron chi connectivity index (χ0n) is 10.3. The average Bonchev–Trinajstić information content (AvgIpc) is 2.35. The van der Waals surface area contributed by atoms with Gasteiger partial charge < -0.3 is 10.5 Å². The Morgan fingerprint density at radius 2 is 2.05 bits per heavy atom. The molecule has 104 valence electrons. The van der Waals surface area contributed by atoms with Crippen LogP contribution < -0.4 is 10.5 Å². The summed E-state index contributed by atoms with van der Waals surface area (Å²) >= 11 is 3.02. The van der Waals surface area contributed by atoms with Crippen LogP contribution >= 0.6 is 15.9 Å². The molecule has 0 spiro atoms. The smallest absolute Gasteiger partial charge is 0.254 e. The van der Waals surface area contributed by atoms with E-state index in [1.807, 2.05) is 0 Å². The first-order valence-electron chi connectivity index (χ1n) is 5.48. The lowest BCUT2D eigenvalue weighted by atomic mass is 10.2. The highest BCUT2D eigenvalue weighted by Crippen LogP contribution is 2.30. The summed E-state index contributed by atoms with van der Waals surface area (Å²) in [5.41, 5.74) is 5.70. The number of carbonyl (C=O) groups excluding carboxylic acids is 1. The minimum atomic E-state index is -1.17. The van der Waals surface area contributed by atoms with Crippen LogP contribution in [0, 0.1) is 18.6 Å². The predicted molar refractivity (Wildman–Crippen MR) is 71.6 cm³/mol. The topological polar surface area (TPSA) is 65.2 Å². The summed E-state index contributed by atoms with van der Waals surface area (Å²) < 4.78 is 32.4. The molecule has 2 N–H and O–H groups in total. The number of nitrogens with two attached hydrogens (primary N) is 1. The van der Waals surface area contributed by atoms with E-state index in [0.717, 1.165) is 6.07 Å². The van der Waals surface area contributed by atoms with Crippen molar-refractivity contribution in [3.05, 3.63) is 51.6 Å². The minimum absolute atomic E-state index is 0.0182. The minimum Gasteiger partial charge on any atom is -0.435 e. The van der Waals surface area contributed by atoms with Gasteiger partial charge in [0, 0.05) is 10.2 Å². The van der Waals surface area contributed by atoms with Gasteiger partial charge in [-0.05, 0) is 31.2 Å². The number of hydrogen-bond acceptors (Lipinski definition) is 3. The third kappa shape index (κ3) is 2.93. The molecule has 0 aliphatic carbocycles. The lowest BCUT2D eigenvalue weighted by molar-refractivity contribution is 0.0997. The summed E-state index contributed by atoms with van der Waals surface area (Å²) in [4.78, 5) is 15.2. The maximum atomic E-state index is 13.6. The van der Waals surface area contributed by atoms with E-state index in [2.05, 4.69) is 20.9 Å². The number of aromatic nitrogens is 1. The molecule has 0 bridgehead atoms. The Morgan fingerprint density at radius 1 is 1.35 bits per heavy atom. The first-order valence-corrected chi connectivity index (χ1v) is 6.27. The molecule has 0 atom stereocenters. The van der Waals surface area contributed by atoms with E-state index in [1.54, 1.807) is 13.0 Å². The van der Waals surface area contributed by atoms with Crippen molar-refractivity contribution >= 4 is 21.8 Å². The highest BCUT2D eigenvalue weighted by Gasteiger charge is 2.17. The summed E-state index contributed by atoms with van der Waals surface area (Å²) in [6.07, 6.45) is 0. The fraction of sp³-hybridized carbons (Fsp3) is 0.0769. The second kappa shape index (κ2) is 5.54. The number of nitrogens with zero attached hydrogens (tertiary/aromatic N) is 1. The van der Waals surface area contributed by atoms with Crippen LogP contribution in [0.15, 0.2) is 28.7 Å². The molecule has 1 amide bonds. The molecule has 0 saturated carbocycles. The molecular weight excluding hydrogens is 334 g/mol. The predicted octanol–water partition coefficient (Wildman–Crippen LogP) is 3.32. The Bertz CT molecular complexity index is 692. The quantitative estimate of drug-likeness (QED) is 0.870. The van der Waals surface area contributed by atoms with Crippen molar-refractivity contribution in [1.82, 2.24) is 4.98 Å². The fourth-order valence-corrected chi connectivity index (χ4v) is 1.92. The van der Waals surface area contributed by atoms with Gasteiger partial charge in [-0.15, -0.1) is 0 Å². The van der Waals surface area contributed by atoms with Gasteiger partial charge in [-0.2, -0.15) is 4.39 Å². The van der Waals surface area contributed by atoms with E-state index in [-0.39, 0.29) is 11.4 Å². The van der Waals surface area contributed by atoms with Gasteiger partial charge in [0.15, 0.2) is 11.6 Å². The van der Waals surface area contributed by atoms with Crippen LogP contribution in [0.3, 0.4) is 0 Å². The monoisotopic (exact) mass is 342 g/mol. The van der Waals surface area contributed by atoms with Crippen molar-refractivity contribution in [2.45, 2.75) is 6.92 Å². The average molecular weight is 343 g/mol. The van der Waals surface area contributed by atoms with Crippen LogP contribution in [0.4, 0.5) is 8.78 Å². The number of hydrogen-bond donors (Lipinski definition) is 1. The number of amides is 1. The Morgan fingerprint density at radius 3 is 2.70 bits per heavy atom. The zero-order valence-corrected chi connectivity index (χ0v) is 11.9. The van der Waals surface area contributed by atoms with Crippen molar-refractivity contribution in [1.29, 1.82) is 0 Å². The number of primary amides is 1. The van der Waals surface area contributed by atoms with Crippen molar-refractivity contribution in [2.75, 3.05) is 0 Å². The molecule has 0 aliphatic heterocycles. The zero-order chi connectivity index (χ0) is 14.9. The molecule has 0 unspecified atom stereocenters. The third-order valence-electron chi connectivity index (χ3n) is 2.43. The normalized spacial score (nSPS) is 10.4. The van der Waals surface area contributed by atoms with Gasteiger partial charge >= 0.3 is 0 Å². The van der Waals surface area contributed by atoms with Crippen molar-refractivity contribution in [3.63, 3.8) is 0 Å². The molecule has 2 rings (SSSR count). The van der Waals surface area contributed by atoms with Crippen LogP contribution in [0.5, 0.6) is 11.6 Å². The highest BCUT2D eigenvalue weighted by atomic mass is 79.9. The maximum Gasteiger partial charge on any atom is 0.254 e. The van der Waals surface area contributed by atoms with Crippen LogP contribution in [0.1, 0.15) is 16.1 Å². The Balaban J connectivity index is 2.50. The highest BCUT2D eigenvalue weighted by molar-refractivity contribution is 9.10. The van der Waals surface area contributed by atoms with Crippen LogP contribution in [-0.2, 0) is 0 Å². The summed E-state index contributed by atoms with van der Waals surface area (Å²) in [6, 6.07) is 5.16. The largest absolute Gasteiger partial charge is 0.435 e. The maximum absolute atomic E-state index is 13.6. The second-order valence-electron chi connectivity index (χ2n) is 3.97. The first kappa shape index (κ1) is 14.4. The van der Waals surface area contributed by atoms with Gasteiger partial charge in [-0.1, -0.05) is 15.9 Å². The molecule has 0 aliphatic rings. The fourth-order valence-electron chi connectivity index (χ4n) is 1.51. The number of carbonyl (C=O) groups is 1. The summed E-state index contributed by atoms with van der Waals surface area (Å²) in [5.74, 6) is -3.59. The molecule has 0 radical (unpaired) electrons. The van der Waals surface area contributed by atoms with Crippen molar-refractivity contribution in [3.8, 4) is 11.6 Å². The number of pyridine rings is 1. The number of rotatable bonds is 3. The molecule has 4 nitrogen and oxygen atoms in total. The number of halogens is 3. The van der Waals surface area contributed by atoms with Gasteiger partial charge in [-0.3, -0.25) is 4.79 Å². The van der Waals surface area contributed by atoms with Crippen molar-refractivity contribution in [2.24, 2.45) is 5.73 Å². The van der Waals surface area contributed by atoms with Gasteiger partial charge in [-0.25, -0.2) is 9.37 Å². The molecule has 0 saturated heterocycles. The van der Waals surface area contributed by atoms with E-state index in [0.29, 0.717) is 10.2 Å². The standard InChI is InChI=1S/C13H9BrF2N2O2/c1-6-2-3-8(12(17)19)13(18-6)20-10-5-7(14)4-9(15)11(10)16/h2-5H,1H3,(H2,17,19). The van der Waals surface area contributed by atoms with Crippen LogP contribution in [0.25, 0.3) is 0 Å². The van der Waals surface area contributed by atoms with Crippen LogP contribution in [-0.4, -0.2) is 10.9 Å².